The Balaban J connectivity index is 2.03. The van der Waals surface area contributed by atoms with Gasteiger partial charge < -0.3 is 10.2 Å². The van der Waals surface area contributed by atoms with E-state index in [0.717, 1.165) is 25.9 Å². The molecule has 1 aromatic heterocycles. The Bertz CT molecular complexity index is 546. The summed E-state index contributed by atoms with van der Waals surface area (Å²) in [4.78, 5) is 28.3. The molecule has 2 rings (SSSR count). The van der Waals surface area contributed by atoms with Gasteiger partial charge in [0.1, 0.15) is 18.1 Å². The summed E-state index contributed by atoms with van der Waals surface area (Å²) >= 11 is 3.23. The van der Waals surface area contributed by atoms with Crippen molar-refractivity contribution in [2.75, 3.05) is 18.4 Å². The Labute approximate surface area is 131 Å². The number of hydrogen-bond acceptors (Lipinski definition) is 5. The number of rotatable bonds is 4. The van der Waals surface area contributed by atoms with E-state index in [1.807, 2.05) is 4.90 Å². The Morgan fingerprint density at radius 1 is 1.48 bits per heavy atom. The van der Waals surface area contributed by atoms with Crippen LogP contribution in [-0.2, 0) is 4.79 Å². The third-order valence-corrected chi connectivity index (χ3v) is 4.03. The van der Waals surface area contributed by atoms with Crippen molar-refractivity contribution in [2.45, 2.75) is 32.2 Å². The lowest BCUT2D eigenvalue weighted by atomic mass is 10.1. The fourth-order valence-electron chi connectivity index (χ4n) is 2.29. The van der Waals surface area contributed by atoms with Gasteiger partial charge in [-0.25, -0.2) is 4.98 Å². The van der Waals surface area contributed by atoms with Crippen molar-refractivity contribution in [3.05, 3.63) is 26.9 Å². The highest BCUT2D eigenvalue weighted by Gasteiger charge is 2.23. The number of nitro groups is 1. The number of hydrogen-bond donors (Lipinski definition) is 1. The first-order chi connectivity index (χ1) is 9.99. The minimum atomic E-state index is -0.510. The number of piperidine rings is 1. The van der Waals surface area contributed by atoms with Gasteiger partial charge in [0, 0.05) is 19.2 Å². The minimum Gasteiger partial charge on any atom is -0.358 e. The fourth-order valence-corrected chi connectivity index (χ4v) is 2.74. The molecule has 1 atom stereocenters. The molecule has 21 heavy (non-hydrogen) atoms. The van der Waals surface area contributed by atoms with Crippen LogP contribution in [0, 0.1) is 10.1 Å². The third kappa shape index (κ3) is 3.90. The number of amides is 1. The van der Waals surface area contributed by atoms with Gasteiger partial charge in [0.25, 0.3) is 5.69 Å². The molecular weight excluding hydrogens is 340 g/mol. The first kappa shape index (κ1) is 15.7. The van der Waals surface area contributed by atoms with E-state index < -0.39 is 11.0 Å². The van der Waals surface area contributed by atoms with Crippen molar-refractivity contribution in [3.63, 3.8) is 0 Å². The van der Waals surface area contributed by atoms with Gasteiger partial charge in [-0.15, -0.1) is 0 Å². The molecule has 1 amide bonds. The summed E-state index contributed by atoms with van der Waals surface area (Å²) in [5, 5.41) is 13.7. The molecule has 0 saturated carbocycles. The fraction of sp³-hybridized carbons (Fsp3) is 0.538. The summed E-state index contributed by atoms with van der Waals surface area (Å²) in [7, 11) is 0. The number of nitrogens with zero attached hydrogens (tertiary/aromatic N) is 3. The van der Waals surface area contributed by atoms with Crippen molar-refractivity contribution < 1.29 is 9.72 Å². The third-order valence-electron chi connectivity index (χ3n) is 3.43. The number of carbonyl (C=O) groups is 1. The number of nitrogens with one attached hydrogen (secondary N) is 1. The molecule has 0 spiro atoms. The molecule has 1 aromatic rings. The van der Waals surface area contributed by atoms with E-state index in [1.165, 1.54) is 18.7 Å². The van der Waals surface area contributed by atoms with Crippen LogP contribution in [-0.4, -0.2) is 39.8 Å². The molecule has 0 aromatic carbocycles. The summed E-state index contributed by atoms with van der Waals surface area (Å²) in [6.07, 6.45) is 4.42. The lowest BCUT2D eigenvalue weighted by Crippen LogP contribution is -2.44. The van der Waals surface area contributed by atoms with E-state index in [9.17, 15) is 14.9 Å². The highest BCUT2D eigenvalue weighted by Crippen LogP contribution is 2.25. The summed E-state index contributed by atoms with van der Waals surface area (Å²) < 4.78 is 0.468. The van der Waals surface area contributed by atoms with Crippen LogP contribution < -0.4 is 5.32 Å². The van der Waals surface area contributed by atoms with Gasteiger partial charge in [0.05, 0.1) is 9.40 Å². The molecule has 1 N–H and O–H groups in total. The van der Waals surface area contributed by atoms with Crippen LogP contribution in [0.4, 0.5) is 11.5 Å². The summed E-state index contributed by atoms with van der Waals surface area (Å²) in [5.74, 6) is 0.459. The second-order valence-corrected chi connectivity index (χ2v) is 5.89. The van der Waals surface area contributed by atoms with E-state index in [4.69, 9.17) is 0 Å². The van der Waals surface area contributed by atoms with Gasteiger partial charge in [-0.2, -0.15) is 0 Å². The molecule has 1 aliphatic heterocycles. The molecule has 1 saturated heterocycles. The van der Waals surface area contributed by atoms with Gasteiger partial charge in [-0.3, -0.25) is 14.9 Å². The number of pyridine rings is 1. The van der Waals surface area contributed by atoms with E-state index in [-0.39, 0.29) is 11.6 Å². The number of aromatic nitrogens is 1. The molecule has 7 nitrogen and oxygen atoms in total. The van der Waals surface area contributed by atoms with E-state index >= 15 is 0 Å². The monoisotopic (exact) mass is 356 g/mol. The van der Waals surface area contributed by atoms with Crippen molar-refractivity contribution in [2.24, 2.45) is 0 Å². The Kier molecular flexibility index (Phi) is 5.11. The zero-order valence-corrected chi connectivity index (χ0v) is 13.3. The molecule has 0 aliphatic carbocycles. The molecule has 114 valence electrons. The van der Waals surface area contributed by atoms with Crippen LogP contribution >= 0.6 is 15.9 Å². The van der Waals surface area contributed by atoms with Gasteiger partial charge in [0.15, 0.2) is 0 Å². The number of carbonyl (C=O) groups excluding carboxylic acids is 1. The molecule has 8 heteroatoms. The standard InChI is InChI=1S/C13H17BrN4O3/c1-9(13(19)17-5-3-2-4-6-17)16-12-11(14)7-10(8-15-12)18(20)21/h7-9H,2-6H2,1H3,(H,15,16). The molecule has 2 heterocycles. The van der Waals surface area contributed by atoms with E-state index in [1.54, 1.807) is 6.92 Å². The summed E-state index contributed by atoms with van der Waals surface area (Å²) in [6, 6.07) is 0.946. The predicted octanol–water partition coefficient (Wildman–Crippen LogP) is 2.57. The summed E-state index contributed by atoms with van der Waals surface area (Å²) in [5.41, 5.74) is -0.0950. The largest absolute Gasteiger partial charge is 0.358 e. The van der Waals surface area contributed by atoms with Gasteiger partial charge in [0.2, 0.25) is 5.91 Å². The van der Waals surface area contributed by atoms with Crippen LogP contribution in [0.1, 0.15) is 26.2 Å². The van der Waals surface area contributed by atoms with Crippen molar-refractivity contribution >= 4 is 33.3 Å². The Hall–Kier alpha value is -1.70. The maximum atomic E-state index is 12.3. The van der Waals surface area contributed by atoms with Crippen LogP contribution in [0.2, 0.25) is 0 Å². The Morgan fingerprint density at radius 2 is 2.14 bits per heavy atom. The molecular formula is C13H17BrN4O3. The lowest BCUT2D eigenvalue weighted by molar-refractivity contribution is -0.385. The second-order valence-electron chi connectivity index (χ2n) is 5.03. The second kappa shape index (κ2) is 6.84. The zero-order chi connectivity index (χ0) is 15.4. The maximum Gasteiger partial charge on any atom is 0.288 e. The number of anilines is 1. The smallest absolute Gasteiger partial charge is 0.288 e. The predicted molar refractivity (Wildman–Crippen MR) is 82.1 cm³/mol. The summed E-state index contributed by atoms with van der Waals surface area (Å²) in [6.45, 7) is 3.35. The molecule has 1 fully saturated rings. The molecule has 1 aliphatic rings. The maximum absolute atomic E-state index is 12.3. The van der Waals surface area contributed by atoms with Crippen LogP contribution in [0.15, 0.2) is 16.7 Å². The molecule has 0 bridgehead atoms. The van der Waals surface area contributed by atoms with Gasteiger partial charge in [-0.05, 0) is 42.1 Å². The van der Waals surface area contributed by atoms with Crippen LogP contribution in [0.5, 0.6) is 0 Å². The SMILES string of the molecule is CC(Nc1ncc([N+](=O)[O-])cc1Br)C(=O)N1CCCCC1. The highest BCUT2D eigenvalue weighted by molar-refractivity contribution is 9.10. The van der Waals surface area contributed by atoms with Crippen LogP contribution in [0.3, 0.4) is 0 Å². The van der Waals surface area contributed by atoms with Gasteiger partial charge in [-0.1, -0.05) is 0 Å². The molecule has 0 radical (unpaired) electrons. The van der Waals surface area contributed by atoms with Crippen LogP contribution in [0.25, 0.3) is 0 Å². The Morgan fingerprint density at radius 3 is 2.71 bits per heavy atom. The van der Waals surface area contributed by atoms with Crippen molar-refractivity contribution in [1.82, 2.24) is 9.88 Å². The van der Waals surface area contributed by atoms with Gasteiger partial charge >= 0.3 is 0 Å². The molecule has 1 unspecified atom stereocenters. The minimum absolute atomic E-state index is 0.0294. The number of likely N-dealkylation sites (tertiary alicyclic amines) is 1. The zero-order valence-electron chi connectivity index (χ0n) is 11.7. The van der Waals surface area contributed by atoms with Crippen molar-refractivity contribution in [1.29, 1.82) is 0 Å². The quantitative estimate of drug-likeness (QED) is 0.661. The first-order valence-electron chi connectivity index (χ1n) is 6.84. The van der Waals surface area contributed by atoms with Crippen molar-refractivity contribution in [3.8, 4) is 0 Å². The average Bonchev–Trinajstić information content (AvgIpc) is 2.49. The number of halogens is 1. The topological polar surface area (TPSA) is 88.4 Å². The first-order valence-corrected chi connectivity index (χ1v) is 7.63. The lowest BCUT2D eigenvalue weighted by Gasteiger charge is -2.29. The normalized spacial score (nSPS) is 16.4. The average molecular weight is 357 g/mol. The highest BCUT2D eigenvalue weighted by atomic mass is 79.9. The van der Waals surface area contributed by atoms with E-state index in [2.05, 4.69) is 26.2 Å². The van der Waals surface area contributed by atoms with E-state index in [0.29, 0.717) is 10.3 Å².